The van der Waals surface area contributed by atoms with Crippen LogP contribution in [0, 0.1) is 5.92 Å². The Bertz CT molecular complexity index is 230. The molecule has 0 aromatic heterocycles. The zero-order valence-corrected chi connectivity index (χ0v) is 14.0. The van der Waals surface area contributed by atoms with E-state index in [9.17, 15) is 0 Å². The molecule has 1 aliphatic heterocycles. The summed E-state index contributed by atoms with van der Waals surface area (Å²) in [6.07, 6.45) is 3.65. The van der Waals surface area contributed by atoms with E-state index in [2.05, 4.69) is 43.1 Å². The smallest absolute Gasteiger partial charge is 0.0510 e. The summed E-state index contributed by atoms with van der Waals surface area (Å²) in [4.78, 5) is 4.89. The van der Waals surface area contributed by atoms with Crippen molar-refractivity contribution in [3.05, 3.63) is 0 Å². The Morgan fingerprint density at radius 1 is 1.15 bits per heavy atom. The molecule has 20 heavy (non-hydrogen) atoms. The van der Waals surface area contributed by atoms with Gasteiger partial charge in [0.2, 0.25) is 0 Å². The van der Waals surface area contributed by atoms with Gasteiger partial charge in [0, 0.05) is 38.2 Å². The first-order valence-corrected chi connectivity index (χ1v) is 8.35. The third kappa shape index (κ3) is 7.02. The third-order valence-electron chi connectivity index (χ3n) is 4.05. The molecule has 1 N–H and O–H groups in total. The molecule has 0 radical (unpaired) electrons. The van der Waals surface area contributed by atoms with Crippen LogP contribution in [-0.4, -0.2) is 75.9 Å². The van der Waals surface area contributed by atoms with Crippen LogP contribution in [0.2, 0.25) is 0 Å². The minimum Gasteiger partial charge on any atom is -0.381 e. The third-order valence-corrected chi connectivity index (χ3v) is 4.05. The molecule has 2 unspecified atom stereocenters. The maximum atomic E-state index is 5.59. The van der Waals surface area contributed by atoms with Crippen LogP contribution in [0.1, 0.15) is 33.1 Å². The molecule has 120 valence electrons. The molecule has 0 aromatic rings. The van der Waals surface area contributed by atoms with E-state index in [1.807, 2.05) is 0 Å². The van der Waals surface area contributed by atoms with E-state index in [1.54, 1.807) is 0 Å². The molecular formula is C16H35N3O. The van der Waals surface area contributed by atoms with E-state index in [1.165, 1.54) is 32.4 Å². The molecule has 1 fully saturated rings. The number of rotatable bonds is 11. The molecule has 0 aliphatic carbocycles. The number of hydrogen-bond acceptors (Lipinski definition) is 4. The molecule has 1 saturated heterocycles. The van der Waals surface area contributed by atoms with Gasteiger partial charge in [0.05, 0.1) is 6.61 Å². The highest BCUT2D eigenvalue weighted by molar-refractivity contribution is 4.82. The largest absolute Gasteiger partial charge is 0.381 e. The van der Waals surface area contributed by atoms with Crippen molar-refractivity contribution in [2.24, 2.45) is 5.92 Å². The molecule has 0 spiro atoms. The molecule has 2 atom stereocenters. The van der Waals surface area contributed by atoms with Crippen molar-refractivity contribution < 1.29 is 4.74 Å². The minimum atomic E-state index is 0.589. The van der Waals surface area contributed by atoms with E-state index in [0.717, 1.165) is 32.8 Å². The lowest BCUT2D eigenvalue weighted by atomic mass is 9.98. The molecule has 0 bridgehead atoms. The van der Waals surface area contributed by atoms with E-state index >= 15 is 0 Å². The molecule has 0 saturated carbocycles. The zero-order valence-electron chi connectivity index (χ0n) is 14.0. The summed E-state index contributed by atoms with van der Waals surface area (Å²) in [5.41, 5.74) is 0. The minimum absolute atomic E-state index is 0.589. The van der Waals surface area contributed by atoms with Gasteiger partial charge in [0.15, 0.2) is 0 Å². The zero-order chi connectivity index (χ0) is 14.8. The molecule has 0 aromatic carbocycles. The lowest BCUT2D eigenvalue weighted by Crippen LogP contribution is -2.47. The SMILES string of the molecule is CCCNC(CN(CCC)CCN(C)C)C1CCOC1. The second kappa shape index (κ2) is 10.6. The standard InChI is InChI=1S/C16H35N3O/c1-5-8-17-16(15-7-12-20-14-15)13-19(9-6-2)11-10-18(3)4/h15-17H,5-14H2,1-4H3. The second-order valence-corrected chi connectivity index (χ2v) is 6.29. The van der Waals surface area contributed by atoms with Gasteiger partial charge in [0.25, 0.3) is 0 Å². The average molecular weight is 285 g/mol. The number of ether oxygens (including phenoxy) is 1. The van der Waals surface area contributed by atoms with E-state index in [4.69, 9.17) is 4.74 Å². The summed E-state index contributed by atoms with van der Waals surface area (Å²) < 4.78 is 5.59. The Labute approximate surface area is 125 Å². The molecule has 1 rings (SSSR count). The van der Waals surface area contributed by atoms with Crippen LogP contribution in [0.5, 0.6) is 0 Å². The topological polar surface area (TPSA) is 27.7 Å². The summed E-state index contributed by atoms with van der Waals surface area (Å²) in [6.45, 7) is 12.2. The number of nitrogens with zero attached hydrogens (tertiary/aromatic N) is 2. The van der Waals surface area contributed by atoms with Gasteiger partial charge >= 0.3 is 0 Å². The van der Waals surface area contributed by atoms with Crippen LogP contribution >= 0.6 is 0 Å². The van der Waals surface area contributed by atoms with Crippen molar-refractivity contribution in [1.82, 2.24) is 15.1 Å². The van der Waals surface area contributed by atoms with Gasteiger partial charge in [0.1, 0.15) is 0 Å². The van der Waals surface area contributed by atoms with Crippen LogP contribution in [-0.2, 0) is 4.74 Å². The molecule has 4 heteroatoms. The summed E-state index contributed by atoms with van der Waals surface area (Å²) in [5, 5.41) is 3.75. The fourth-order valence-corrected chi connectivity index (χ4v) is 2.81. The maximum Gasteiger partial charge on any atom is 0.0510 e. The number of nitrogens with one attached hydrogen (secondary N) is 1. The summed E-state index contributed by atoms with van der Waals surface area (Å²) in [5.74, 6) is 0.695. The van der Waals surface area contributed by atoms with Crippen LogP contribution < -0.4 is 5.32 Å². The Hall–Kier alpha value is -0.160. The summed E-state index contributed by atoms with van der Waals surface area (Å²) in [7, 11) is 4.31. The average Bonchev–Trinajstić information content (AvgIpc) is 2.94. The van der Waals surface area contributed by atoms with Crippen LogP contribution in [0.25, 0.3) is 0 Å². The fourth-order valence-electron chi connectivity index (χ4n) is 2.81. The first-order valence-electron chi connectivity index (χ1n) is 8.35. The normalized spacial score (nSPS) is 21.0. The van der Waals surface area contributed by atoms with Crippen molar-refractivity contribution in [3.8, 4) is 0 Å². The van der Waals surface area contributed by atoms with Gasteiger partial charge in [-0.2, -0.15) is 0 Å². The molecule has 0 amide bonds. The Balaban J connectivity index is 2.48. The highest BCUT2D eigenvalue weighted by Crippen LogP contribution is 2.18. The van der Waals surface area contributed by atoms with Crippen molar-refractivity contribution >= 4 is 0 Å². The van der Waals surface area contributed by atoms with Gasteiger partial charge in [-0.1, -0.05) is 13.8 Å². The van der Waals surface area contributed by atoms with Crippen molar-refractivity contribution in [1.29, 1.82) is 0 Å². The van der Waals surface area contributed by atoms with Crippen LogP contribution in [0.4, 0.5) is 0 Å². The van der Waals surface area contributed by atoms with Crippen LogP contribution in [0.3, 0.4) is 0 Å². The number of likely N-dealkylation sites (N-methyl/N-ethyl adjacent to an activating group) is 1. The summed E-state index contributed by atoms with van der Waals surface area (Å²) >= 11 is 0. The second-order valence-electron chi connectivity index (χ2n) is 6.29. The van der Waals surface area contributed by atoms with Gasteiger partial charge in [-0.25, -0.2) is 0 Å². The lowest BCUT2D eigenvalue weighted by molar-refractivity contribution is 0.156. The Morgan fingerprint density at radius 2 is 1.95 bits per heavy atom. The van der Waals surface area contributed by atoms with Crippen molar-refractivity contribution in [2.75, 3.05) is 60.0 Å². The van der Waals surface area contributed by atoms with E-state index in [-0.39, 0.29) is 0 Å². The maximum absolute atomic E-state index is 5.59. The Morgan fingerprint density at radius 3 is 2.50 bits per heavy atom. The summed E-state index contributed by atoms with van der Waals surface area (Å²) in [6, 6.07) is 0.589. The van der Waals surface area contributed by atoms with E-state index in [0.29, 0.717) is 12.0 Å². The molecular weight excluding hydrogens is 250 g/mol. The fraction of sp³-hybridized carbons (Fsp3) is 1.00. The predicted molar refractivity (Wildman–Crippen MR) is 86.3 cm³/mol. The van der Waals surface area contributed by atoms with Gasteiger partial charge < -0.3 is 19.9 Å². The highest BCUT2D eigenvalue weighted by Gasteiger charge is 2.26. The number of hydrogen-bond donors (Lipinski definition) is 1. The first-order chi connectivity index (χ1) is 9.67. The van der Waals surface area contributed by atoms with Gasteiger partial charge in [-0.3, -0.25) is 0 Å². The van der Waals surface area contributed by atoms with E-state index < -0.39 is 0 Å². The highest BCUT2D eigenvalue weighted by atomic mass is 16.5. The first kappa shape index (κ1) is 17.9. The lowest BCUT2D eigenvalue weighted by Gasteiger charge is -2.31. The monoisotopic (exact) mass is 285 g/mol. The van der Waals surface area contributed by atoms with Gasteiger partial charge in [-0.15, -0.1) is 0 Å². The van der Waals surface area contributed by atoms with Crippen LogP contribution in [0.15, 0.2) is 0 Å². The predicted octanol–water partition coefficient (Wildman–Crippen LogP) is 1.66. The molecule has 1 heterocycles. The van der Waals surface area contributed by atoms with Crippen molar-refractivity contribution in [2.45, 2.75) is 39.2 Å². The van der Waals surface area contributed by atoms with Crippen molar-refractivity contribution in [3.63, 3.8) is 0 Å². The molecule has 1 aliphatic rings. The quantitative estimate of drug-likeness (QED) is 0.625. The van der Waals surface area contributed by atoms with Gasteiger partial charge in [-0.05, 0) is 46.4 Å². The molecule has 4 nitrogen and oxygen atoms in total. The Kier molecular flexibility index (Phi) is 9.44.